The van der Waals surface area contributed by atoms with Gasteiger partial charge in [-0.3, -0.25) is 9.59 Å². The fourth-order valence-corrected chi connectivity index (χ4v) is 1.18. The zero-order valence-corrected chi connectivity index (χ0v) is 8.77. The first-order valence-corrected chi connectivity index (χ1v) is 5.24. The lowest BCUT2D eigenvalue weighted by Gasteiger charge is -1.98. The number of rotatable bonds is 8. The molecule has 0 fully saturated rings. The summed E-state index contributed by atoms with van der Waals surface area (Å²) in [6.07, 6.45) is 5.67. The summed E-state index contributed by atoms with van der Waals surface area (Å²) in [7, 11) is 0. The highest BCUT2D eigenvalue weighted by Gasteiger charge is 2.06. The minimum absolute atomic E-state index is 0.0699. The lowest BCUT2D eigenvalue weighted by atomic mass is 10.1. The van der Waals surface area contributed by atoms with Gasteiger partial charge in [-0.2, -0.15) is 0 Å². The molecule has 0 heterocycles. The predicted molar refractivity (Wildman–Crippen MR) is 53.7 cm³/mol. The number of carbonyl (C=O) groups is 2. The molecule has 0 atom stereocenters. The molecule has 0 saturated heterocycles. The van der Waals surface area contributed by atoms with Crippen molar-refractivity contribution < 1.29 is 9.59 Å². The number of Topliss-reactive ketones (excluding diaryl/α,β-unsaturated/α-hetero) is 2. The van der Waals surface area contributed by atoms with Gasteiger partial charge in [0.1, 0.15) is 11.6 Å². The van der Waals surface area contributed by atoms with Crippen molar-refractivity contribution in [1.82, 2.24) is 0 Å². The second kappa shape index (κ2) is 7.96. The molecule has 2 heteroatoms. The van der Waals surface area contributed by atoms with Crippen LogP contribution >= 0.6 is 0 Å². The average Bonchev–Trinajstić information content (AvgIpc) is 2.12. The lowest BCUT2D eigenvalue weighted by Crippen LogP contribution is -2.06. The molecule has 0 unspecified atom stereocenters. The molecular formula is C11H20O2. The number of unbranched alkanes of at least 4 members (excludes halogenated alkanes) is 3. The Hall–Kier alpha value is -0.660. The molecule has 0 spiro atoms. The molecule has 0 amide bonds. The Labute approximate surface area is 80.7 Å². The normalized spacial score (nSPS) is 10.0. The predicted octanol–water partition coefficient (Wildman–Crippen LogP) is 2.90. The first-order valence-electron chi connectivity index (χ1n) is 5.24. The highest BCUT2D eigenvalue weighted by Crippen LogP contribution is 2.05. The number of ketones is 2. The summed E-state index contributed by atoms with van der Waals surface area (Å²) in [6, 6.07) is 0. The number of hydrogen-bond donors (Lipinski definition) is 0. The summed E-state index contributed by atoms with van der Waals surface area (Å²) in [5, 5.41) is 0. The Morgan fingerprint density at radius 2 is 1.62 bits per heavy atom. The van der Waals surface area contributed by atoms with Gasteiger partial charge >= 0.3 is 0 Å². The van der Waals surface area contributed by atoms with Crippen LogP contribution in [0.25, 0.3) is 0 Å². The zero-order valence-electron chi connectivity index (χ0n) is 8.77. The minimum Gasteiger partial charge on any atom is -0.299 e. The molecule has 0 radical (unpaired) electrons. The molecule has 0 saturated carbocycles. The Morgan fingerprint density at radius 1 is 0.923 bits per heavy atom. The van der Waals surface area contributed by atoms with E-state index in [1.165, 1.54) is 12.8 Å². The van der Waals surface area contributed by atoms with E-state index in [1.807, 2.05) is 0 Å². The fraction of sp³-hybridized carbons (Fsp3) is 0.818. The van der Waals surface area contributed by atoms with Crippen molar-refractivity contribution >= 4 is 11.6 Å². The van der Waals surface area contributed by atoms with Crippen LogP contribution in [0.3, 0.4) is 0 Å². The molecule has 0 aliphatic rings. The molecule has 0 aliphatic heterocycles. The van der Waals surface area contributed by atoms with Crippen molar-refractivity contribution in [2.45, 2.75) is 58.8 Å². The van der Waals surface area contributed by atoms with Gasteiger partial charge in [-0.05, 0) is 6.42 Å². The van der Waals surface area contributed by atoms with Crippen molar-refractivity contribution in [3.8, 4) is 0 Å². The molecule has 2 nitrogen and oxygen atoms in total. The highest BCUT2D eigenvalue weighted by atomic mass is 16.1. The number of carbonyl (C=O) groups excluding carboxylic acids is 2. The molecular weight excluding hydrogens is 164 g/mol. The van der Waals surface area contributed by atoms with Gasteiger partial charge in [0, 0.05) is 12.8 Å². The van der Waals surface area contributed by atoms with E-state index in [0.29, 0.717) is 12.8 Å². The van der Waals surface area contributed by atoms with Gasteiger partial charge in [0.15, 0.2) is 0 Å². The molecule has 0 rings (SSSR count). The van der Waals surface area contributed by atoms with Crippen molar-refractivity contribution in [2.75, 3.05) is 0 Å². The van der Waals surface area contributed by atoms with Crippen LogP contribution in [0, 0.1) is 0 Å². The maximum absolute atomic E-state index is 11.2. The average molecular weight is 184 g/mol. The van der Waals surface area contributed by atoms with E-state index in [9.17, 15) is 9.59 Å². The van der Waals surface area contributed by atoms with Crippen molar-refractivity contribution in [3.05, 3.63) is 0 Å². The summed E-state index contributed by atoms with van der Waals surface area (Å²) < 4.78 is 0. The van der Waals surface area contributed by atoms with E-state index in [1.54, 1.807) is 6.92 Å². The third kappa shape index (κ3) is 7.69. The molecule has 0 aromatic heterocycles. The van der Waals surface area contributed by atoms with Crippen LogP contribution in [0.1, 0.15) is 58.8 Å². The zero-order chi connectivity index (χ0) is 10.1. The molecule has 0 bridgehead atoms. The Bertz CT molecular complexity index is 161. The van der Waals surface area contributed by atoms with Gasteiger partial charge < -0.3 is 0 Å². The van der Waals surface area contributed by atoms with E-state index in [4.69, 9.17) is 0 Å². The minimum atomic E-state index is 0.0699. The summed E-state index contributed by atoms with van der Waals surface area (Å²) in [4.78, 5) is 22.0. The second-order valence-electron chi connectivity index (χ2n) is 3.42. The standard InChI is InChI=1S/C11H20O2/c1-3-5-6-7-8-11(13)9-10(12)4-2/h3-9H2,1-2H3. The maximum atomic E-state index is 11.2. The summed E-state index contributed by atoms with van der Waals surface area (Å²) in [5.41, 5.74) is 0. The van der Waals surface area contributed by atoms with E-state index < -0.39 is 0 Å². The molecule has 76 valence electrons. The monoisotopic (exact) mass is 184 g/mol. The Balaban J connectivity index is 3.35. The summed E-state index contributed by atoms with van der Waals surface area (Å²) in [5.74, 6) is 0.184. The first-order chi connectivity index (χ1) is 6.20. The van der Waals surface area contributed by atoms with Gasteiger partial charge in [-0.25, -0.2) is 0 Å². The van der Waals surface area contributed by atoms with Crippen molar-refractivity contribution in [1.29, 1.82) is 0 Å². The smallest absolute Gasteiger partial charge is 0.140 e. The van der Waals surface area contributed by atoms with E-state index in [-0.39, 0.29) is 18.0 Å². The summed E-state index contributed by atoms with van der Waals surface area (Å²) >= 11 is 0. The lowest BCUT2D eigenvalue weighted by molar-refractivity contribution is -0.126. The van der Waals surface area contributed by atoms with Crippen molar-refractivity contribution in [2.24, 2.45) is 0 Å². The largest absolute Gasteiger partial charge is 0.299 e. The second-order valence-corrected chi connectivity index (χ2v) is 3.42. The van der Waals surface area contributed by atoms with Crippen LogP contribution < -0.4 is 0 Å². The van der Waals surface area contributed by atoms with Gasteiger partial charge in [0.2, 0.25) is 0 Å². The summed E-state index contributed by atoms with van der Waals surface area (Å²) in [6.45, 7) is 3.94. The van der Waals surface area contributed by atoms with Crippen molar-refractivity contribution in [3.63, 3.8) is 0 Å². The molecule has 0 aromatic carbocycles. The van der Waals surface area contributed by atoms with Crippen LogP contribution in [0.2, 0.25) is 0 Å². The fourth-order valence-electron chi connectivity index (χ4n) is 1.18. The SMILES string of the molecule is CCCCCCC(=O)CC(=O)CC. The van der Waals surface area contributed by atoms with Crippen LogP contribution in [0.15, 0.2) is 0 Å². The van der Waals surface area contributed by atoms with E-state index >= 15 is 0 Å². The van der Waals surface area contributed by atoms with Gasteiger partial charge in [0.25, 0.3) is 0 Å². The van der Waals surface area contributed by atoms with Gasteiger partial charge in [-0.1, -0.05) is 33.1 Å². The highest BCUT2D eigenvalue weighted by molar-refractivity contribution is 5.98. The molecule has 13 heavy (non-hydrogen) atoms. The Morgan fingerprint density at radius 3 is 2.15 bits per heavy atom. The Kier molecular flexibility index (Phi) is 7.56. The topological polar surface area (TPSA) is 34.1 Å². The van der Waals surface area contributed by atoms with Crippen LogP contribution in [-0.4, -0.2) is 11.6 Å². The van der Waals surface area contributed by atoms with E-state index in [0.717, 1.165) is 12.8 Å². The maximum Gasteiger partial charge on any atom is 0.140 e. The number of hydrogen-bond acceptors (Lipinski definition) is 2. The third-order valence-electron chi connectivity index (χ3n) is 2.10. The first kappa shape index (κ1) is 12.3. The molecule has 0 aliphatic carbocycles. The molecule has 0 aromatic rings. The third-order valence-corrected chi connectivity index (χ3v) is 2.10. The molecule has 0 N–H and O–H groups in total. The van der Waals surface area contributed by atoms with Crippen LogP contribution in [0.4, 0.5) is 0 Å². The van der Waals surface area contributed by atoms with Gasteiger partial charge in [0.05, 0.1) is 6.42 Å². The van der Waals surface area contributed by atoms with Crippen LogP contribution in [0.5, 0.6) is 0 Å². The van der Waals surface area contributed by atoms with Crippen LogP contribution in [-0.2, 0) is 9.59 Å². The van der Waals surface area contributed by atoms with Gasteiger partial charge in [-0.15, -0.1) is 0 Å². The van der Waals surface area contributed by atoms with E-state index in [2.05, 4.69) is 6.92 Å². The quantitative estimate of drug-likeness (QED) is 0.429.